The summed E-state index contributed by atoms with van der Waals surface area (Å²) in [5, 5.41) is 4.24. The van der Waals surface area contributed by atoms with Gasteiger partial charge in [0.25, 0.3) is 0 Å². The van der Waals surface area contributed by atoms with Crippen LogP contribution in [0.2, 0.25) is 0 Å². The van der Waals surface area contributed by atoms with Gasteiger partial charge in [0.2, 0.25) is 0 Å². The van der Waals surface area contributed by atoms with Crippen molar-refractivity contribution in [3.8, 4) is 22.8 Å². The Balaban J connectivity index is 1.58. The van der Waals surface area contributed by atoms with Crippen LogP contribution in [0.15, 0.2) is 55.0 Å². The zero-order valence-electron chi connectivity index (χ0n) is 17.5. The van der Waals surface area contributed by atoms with Crippen molar-refractivity contribution in [3.05, 3.63) is 55.0 Å². The van der Waals surface area contributed by atoms with Gasteiger partial charge in [-0.2, -0.15) is 11.0 Å². The third-order valence-electron chi connectivity index (χ3n) is 5.52. The summed E-state index contributed by atoms with van der Waals surface area (Å²) in [6.07, 6.45) is 7.99. The Hall–Kier alpha value is -3.65. The maximum absolute atomic E-state index is 5.45. The van der Waals surface area contributed by atoms with Gasteiger partial charge in [-0.25, -0.2) is 4.98 Å². The van der Waals surface area contributed by atoms with Crippen molar-refractivity contribution in [2.45, 2.75) is 12.8 Å². The predicted octanol–water partition coefficient (Wildman–Crippen LogP) is 3.84. The summed E-state index contributed by atoms with van der Waals surface area (Å²) in [4.78, 5) is 16.7. The molecule has 1 aliphatic carbocycles. The van der Waals surface area contributed by atoms with Gasteiger partial charge in [-0.05, 0) is 37.0 Å². The number of anilines is 2. The van der Waals surface area contributed by atoms with Gasteiger partial charge in [0.15, 0.2) is 5.75 Å². The smallest absolute Gasteiger partial charge is 0.152 e. The average Bonchev–Trinajstić information content (AvgIpc) is 3.53. The first-order chi connectivity index (χ1) is 15.1. The monoisotopic (exact) mass is 416 g/mol. The van der Waals surface area contributed by atoms with Gasteiger partial charge in [0.1, 0.15) is 5.75 Å². The Morgan fingerprint density at radius 1 is 1.06 bits per heavy atom. The van der Waals surface area contributed by atoms with Crippen LogP contribution in [0.4, 0.5) is 11.4 Å². The highest BCUT2D eigenvalue weighted by Gasteiger charge is 2.26. The molecule has 1 saturated carbocycles. The van der Waals surface area contributed by atoms with Crippen LogP contribution in [0.5, 0.6) is 11.5 Å². The first-order valence-corrected chi connectivity index (χ1v) is 10.2. The molecular weight excluding hydrogens is 392 g/mol. The number of aryl methyl sites for hydroxylation is 1. The van der Waals surface area contributed by atoms with Gasteiger partial charge in [-0.3, -0.25) is 9.67 Å². The van der Waals surface area contributed by atoms with E-state index in [2.05, 4.69) is 27.1 Å². The van der Waals surface area contributed by atoms with E-state index in [1.54, 1.807) is 30.3 Å². The van der Waals surface area contributed by atoms with Gasteiger partial charge in [-0.1, -0.05) is 0 Å². The lowest BCUT2D eigenvalue weighted by molar-refractivity contribution is 0.330. The Morgan fingerprint density at radius 3 is 2.61 bits per heavy atom. The summed E-state index contributed by atoms with van der Waals surface area (Å²) in [5.41, 5.74) is 5.41. The fraction of sp³-hybridized carbons (Fsp3) is 0.261. The minimum absolute atomic E-state index is 0.551. The van der Waals surface area contributed by atoms with Crippen LogP contribution in [-0.4, -0.2) is 33.4 Å². The molecule has 5 rings (SSSR count). The molecule has 2 aromatic carbocycles. The SMILES string of the molecule is COc1cc(ON)cc(N(CC2CC2)c2ccc3ncc(-c4cnn(C)c4)nc3c2)c1. The van der Waals surface area contributed by atoms with Crippen molar-refractivity contribution in [2.75, 3.05) is 18.6 Å². The van der Waals surface area contributed by atoms with Crippen molar-refractivity contribution in [1.82, 2.24) is 19.7 Å². The largest absolute Gasteiger partial charge is 0.497 e. The van der Waals surface area contributed by atoms with Crippen molar-refractivity contribution < 1.29 is 9.57 Å². The predicted molar refractivity (Wildman–Crippen MR) is 119 cm³/mol. The topological polar surface area (TPSA) is 91.3 Å². The Bertz CT molecular complexity index is 1210. The number of nitrogens with zero attached hydrogens (tertiary/aromatic N) is 5. The molecular formula is C23H24N6O2. The second kappa shape index (κ2) is 7.88. The number of rotatable bonds is 7. The van der Waals surface area contributed by atoms with Crippen LogP contribution >= 0.6 is 0 Å². The van der Waals surface area contributed by atoms with E-state index in [1.807, 2.05) is 31.4 Å². The third kappa shape index (κ3) is 4.02. The van der Waals surface area contributed by atoms with Crippen LogP contribution in [0.25, 0.3) is 22.3 Å². The number of ether oxygens (including phenoxy) is 1. The molecule has 0 amide bonds. The molecule has 0 saturated heterocycles. The third-order valence-corrected chi connectivity index (χ3v) is 5.52. The van der Waals surface area contributed by atoms with Crippen molar-refractivity contribution >= 4 is 22.4 Å². The summed E-state index contributed by atoms with van der Waals surface area (Å²) < 4.78 is 7.21. The highest BCUT2D eigenvalue weighted by atomic mass is 16.6. The second-order valence-corrected chi connectivity index (χ2v) is 7.87. The maximum atomic E-state index is 5.45. The molecule has 2 aromatic heterocycles. The zero-order chi connectivity index (χ0) is 21.4. The molecule has 1 aliphatic rings. The Kier molecular flexibility index (Phi) is 4.91. The van der Waals surface area contributed by atoms with E-state index in [-0.39, 0.29) is 0 Å². The minimum atomic E-state index is 0.551. The second-order valence-electron chi connectivity index (χ2n) is 7.87. The number of benzene rings is 2. The summed E-state index contributed by atoms with van der Waals surface area (Å²) in [6.45, 7) is 0.901. The van der Waals surface area contributed by atoms with Crippen LogP contribution in [0, 0.1) is 5.92 Å². The summed E-state index contributed by atoms with van der Waals surface area (Å²) in [7, 11) is 3.52. The first-order valence-electron chi connectivity index (χ1n) is 10.2. The molecule has 0 spiro atoms. The molecule has 2 heterocycles. The van der Waals surface area contributed by atoms with Crippen LogP contribution in [-0.2, 0) is 7.05 Å². The Morgan fingerprint density at radius 2 is 1.90 bits per heavy atom. The fourth-order valence-electron chi connectivity index (χ4n) is 3.68. The molecule has 31 heavy (non-hydrogen) atoms. The van der Waals surface area contributed by atoms with Crippen LogP contribution < -0.4 is 20.4 Å². The molecule has 2 N–H and O–H groups in total. The highest BCUT2D eigenvalue weighted by molar-refractivity contribution is 5.82. The number of hydrogen-bond acceptors (Lipinski definition) is 7. The zero-order valence-corrected chi connectivity index (χ0v) is 17.5. The molecule has 158 valence electrons. The summed E-state index contributed by atoms with van der Waals surface area (Å²) in [5.74, 6) is 7.35. The maximum Gasteiger partial charge on any atom is 0.152 e. The number of hydrogen-bond donors (Lipinski definition) is 1. The fourth-order valence-corrected chi connectivity index (χ4v) is 3.68. The van der Waals surface area contributed by atoms with Gasteiger partial charge in [0, 0.05) is 54.9 Å². The molecule has 0 atom stereocenters. The minimum Gasteiger partial charge on any atom is -0.497 e. The van der Waals surface area contributed by atoms with E-state index in [0.29, 0.717) is 17.4 Å². The lowest BCUT2D eigenvalue weighted by Gasteiger charge is -2.26. The lowest BCUT2D eigenvalue weighted by Crippen LogP contribution is -2.20. The molecule has 8 heteroatoms. The van der Waals surface area contributed by atoms with Gasteiger partial charge in [0.05, 0.1) is 36.2 Å². The molecule has 0 unspecified atom stereocenters. The quantitative estimate of drug-likeness (QED) is 0.458. The van der Waals surface area contributed by atoms with Crippen molar-refractivity contribution in [2.24, 2.45) is 18.9 Å². The first kappa shape index (κ1) is 19.3. The van der Waals surface area contributed by atoms with E-state index >= 15 is 0 Å². The highest BCUT2D eigenvalue weighted by Crippen LogP contribution is 2.38. The number of nitrogens with two attached hydrogens (primary N) is 1. The van der Waals surface area contributed by atoms with E-state index in [9.17, 15) is 0 Å². The van der Waals surface area contributed by atoms with Gasteiger partial charge < -0.3 is 14.5 Å². The number of methoxy groups -OCH3 is 1. The van der Waals surface area contributed by atoms with E-state index in [0.717, 1.165) is 40.2 Å². The molecule has 1 fully saturated rings. The van der Waals surface area contributed by atoms with Crippen LogP contribution in [0.3, 0.4) is 0 Å². The number of aromatic nitrogens is 4. The van der Waals surface area contributed by atoms with Crippen molar-refractivity contribution in [3.63, 3.8) is 0 Å². The molecule has 8 nitrogen and oxygen atoms in total. The summed E-state index contributed by atoms with van der Waals surface area (Å²) >= 11 is 0. The van der Waals surface area contributed by atoms with Crippen LogP contribution in [0.1, 0.15) is 12.8 Å². The summed E-state index contributed by atoms with van der Waals surface area (Å²) in [6, 6.07) is 11.8. The van der Waals surface area contributed by atoms with E-state index in [4.69, 9.17) is 20.5 Å². The lowest BCUT2D eigenvalue weighted by atomic mass is 10.1. The molecule has 0 radical (unpaired) electrons. The molecule has 4 aromatic rings. The van der Waals surface area contributed by atoms with Crippen molar-refractivity contribution in [1.29, 1.82) is 0 Å². The standard InChI is InChI=1S/C23H24N6O2/c1-28-14-16(11-26-28)23-12-25-21-6-5-17(9-22(21)27-23)29(13-15-3-4-15)18-7-19(30-2)10-20(8-18)31-24/h5-12,14-15H,3-4,13,24H2,1-2H3. The number of fused-ring (bicyclic) bond motifs is 1. The normalized spacial score (nSPS) is 13.4. The van der Waals surface area contributed by atoms with E-state index < -0.39 is 0 Å². The van der Waals surface area contributed by atoms with Gasteiger partial charge >= 0.3 is 0 Å². The van der Waals surface area contributed by atoms with Gasteiger partial charge in [-0.15, -0.1) is 0 Å². The Labute approximate surface area is 180 Å². The molecule has 0 bridgehead atoms. The average molecular weight is 416 g/mol. The van der Waals surface area contributed by atoms with E-state index in [1.165, 1.54) is 12.8 Å². The molecule has 0 aliphatic heterocycles.